The molecule has 0 spiro atoms. The quantitative estimate of drug-likeness (QED) is 0.269. The third-order valence-corrected chi connectivity index (χ3v) is 4.97. The Labute approximate surface area is 199 Å². The molecule has 0 heterocycles. The van der Waals surface area contributed by atoms with Gasteiger partial charge >= 0.3 is 11.9 Å². The van der Waals surface area contributed by atoms with Gasteiger partial charge in [-0.05, 0) is 48.4 Å². The molecule has 0 aromatic heterocycles. The van der Waals surface area contributed by atoms with Crippen molar-refractivity contribution in [3.05, 3.63) is 59.2 Å². The Balaban J connectivity index is 2.12. The summed E-state index contributed by atoms with van der Waals surface area (Å²) >= 11 is 0. The van der Waals surface area contributed by atoms with Crippen LogP contribution in [0.1, 0.15) is 58.9 Å². The second-order valence-electron chi connectivity index (χ2n) is 7.39. The van der Waals surface area contributed by atoms with Crippen LogP contribution in [0.15, 0.2) is 42.5 Å². The molecule has 1 amide bonds. The van der Waals surface area contributed by atoms with E-state index in [1.165, 1.54) is 51.3 Å². The molecule has 0 aliphatic heterocycles. The molecule has 2 aromatic rings. The smallest absolute Gasteiger partial charge is 0.339 e. The highest BCUT2D eigenvalue weighted by molar-refractivity contribution is 6.07. The van der Waals surface area contributed by atoms with Crippen LogP contribution in [0.2, 0.25) is 0 Å². The summed E-state index contributed by atoms with van der Waals surface area (Å²) in [4.78, 5) is 36.4. The molecule has 0 fully saturated rings. The molecule has 0 bridgehead atoms. The fraction of sp³-hybridized carbons (Fsp3) is 0.346. The van der Waals surface area contributed by atoms with E-state index in [-0.39, 0.29) is 16.8 Å². The van der Waals surface area contributed by atoms with Crippen LogP contribution >= 0.6 is 0 Å². The van der Waals surface area contributed by atoms with Crippen molar-refractivity contribution in [2.24, 2.45) is 0 Å². The number of esters is 2. The number of rotatable bonds is 12. The Morgan fingerprint density at radius 1 is 0.882 bits per heavy atom. The van der Waals surface area contributed by atoms with E-state index in [1.54, 1.807) is 25.3 Å². The summed E-state index contributed by atoms with van der Waals surface area (Å²) in [6, 6.07) is 9.55. The average Bonchev–Trinajstić information content (AvgIpc) is 2.86. The van der Waals surface area contributed by atoms with Crippen molar-refractivity contribution in [2.75, 3.05) is 33.3 Å². The average molecular weight is 470 g/mol. The van der Waals surface area contributed by atoms with Gasteiger partial charge in [-0.2, -0.15) is 0 Å². The molecule has 8 nitrogen and oxygen atoms in total. The molecule has 0 saturated heterocycles. The van der Waals surface area contributed by atoms with Gasteiger partial charge in [0.15, 0.2) is 11.5 Å². The van der Waals surface area contributed by atoms with E-state index < -0.39 is 17.8 Å². The summed E-state index contributed by atoms with van der Waals surface area (Å²) in [6.45, 7) is 2.77. The first-order valence-corrected chi connectivity index (χ1v) is 11.0. The Morgan fingerprint density at radius 3 is 2.32 bits per heavy atom. The number of amides is 1. The van der Waals surface area contributed by atoms with Crippen molar-refractivity contribution < 1.29 is 33.3 Å². The lowest BCUT2D eigenvalue weighted by Gasteiger charge is -2.11. The second kappa shape index (κ2) is 13.7. The highest BCUT2D eigenvalue weighted by Gasteiger charge is 2.16. The van der Waals surface area contributed by atoms with Crippen LogP contribution < -0.4 is 14.8 Å². The van der Waals surface area contributed by atoms with Gasteiger partial charge in [0.25, 0.3) is 0 Å². The zero-order chi connectivity index (χ0) is 24.9. The number of nitrogens with one attached hydrogen (secondary N) is 1. The van der Waals surface area contributed by atoms with Crippen LogP contribution in [-0.2, 0) is 14.3 Å². The van der Waals surface area contributed by atoms with Crippen LogP contribution in [0.3, 0.4) is 0 Å². The Bertz CT molecular complexity index is 1030. The molecular weight excluding hydrogens is 438 g/mol. The van der Waals surface area contributed by atoms with Crippen LogP contribution in [0, 0.1) is 0 Å². The monoisotopic (exact) mass is 469 g/mol. The Kier molecular flexibility index (Phi) is 10.6. The number of hydrogen-bond donors (Lipinski definition) is 1. The van der Waals surface area contributed by atoms with Gasteiger partial charge in [-0.1, -0.05) is 32.3 Å². The summed E-state index contributed by atoms with van der Waals surface area (Å²) in [7, 11) is 4.03. The molecule has 1 N–H and O–H groups in total. The molecule has 2 rings (SSSR count). The third-order valence-electron chi connectivity index (χ3n) is 4.97. The minimum Gasteiger partial charge on any atom is -0.493 e. The maximum atomic E-state index is 12.5. The number of unbranched alkanes of at least 4 members (excludes halogenated alkanes) is 3. The molecule has 2 aromatic carbocycles. The van der Waals surface area contributed by atoms with E-state index in [0.29, 0.717) is 18.1 Å². The summed E-state index contributed by atoms with van der Waals surface area (Å²) in [6.07, 6.45) is 7.36. The van der Waals surface area contributed by atoms with Gasteiger partial charge in [-0.15, -0.1) is 0 Å². The van der Waals surface area contributed by atoms with Crippen molar-refractivity contribution in [3.63, 3.8) is 0 Å². The fourth-order valence-electron chi connectivity index (χ4n) is 3.14. The number of benzene rings is 2. The van der Waals surface area contributed by atoms with E-state index in [1.807, 2.05) is 6.07 Å². The molecule has 8 heteroatoms. The maximum Gasteiger partial charge on any atom is 0.339 e. The second-order valence-corrected chi connectivity index (χ2v) is 7.39. The lowest BCUT2D eigenvalue weighted by atomic mass is 10.1. The normalized spacial score (nSPS) is 10.6. The number of methoxy groups -OCH3 is 3. The highest BCUT2D eigenvalue weighted by atomic mass is 16.5. The molecule has 0 atom stereocenters. The van der Waals surface area contributed by atoms with Crippen LogP contribution in [-0.4, -0.2) is 45.8 Å². The van der Waals surface area contributed by atoms with Crippen LogP contribution in [0.4, 0.5) is 5.69 Å². The van der Waals surface area contributed by atoms with Gasteiger partial charge in [0.2, 0.25) is 5.91 Å². The fourth-order valence-corrected chi connectivity index (χ4v) is 3.14. The predicted molar refractivity (Wildman–Crippen MR) is 129 cm³/mol. The summed E-state index contributed by atoms with van der Waals surface area (Å²) in [5.74, 6) is -0.532. The highest BCUT2D eigenvalue weighted by Crippen LogP contribution is 2.29. The first-order valence-electron chi connectivity index (χ1n) is 11.0. The molecule has 182 valence electrons. The van der Waals surface area contributed by atoms with E-state index in [9.17, 15) is 14.4 Å². The summed E-state index contributed by atoms with van der Waals surface area (Å²) in [5, 5.41) is 2.61. The van der Waals surface area contributed by atoms with E-state index in [4.69, 9.17) is 18.9 Å². The van der Waals surface area contributed by atoms with Crippen molar-refractivity contribution in [2.45, 2.75) is 32.6 Å². The van der Waals surface area contributed by atoms with Crippen LogP contribution in [0.25, 0.3) is 6.08 Å². The zero-order valence-electron chi connectivity index (χ0n) is 20.0. The molecule has 0 saturated carbocycles. The van der Waals surface area contributed by atoms with Gasteiger partial charge in [0, 0.05) is 6.08 Å². The van der Waals surface area contributed by atoms with E-state index >= 15 is 0 Å². The third kappa shape index (κ3) is 7.65. The molecule has 0 aliphatic carbocycles. The van der Waals surface area contributed by atoms with Crippen molar-refractivity contribution in [1.82, 2.24) is 0 Å². The molecule has 34 heavy (non-hydrogen) atoms. The molecular formula is C26H31NO7. The number of carbonyl (C=O) groups excluding carboxylic acids is 3. The number of hydrogen-bond acceptors (Lipinski definition) is 7. The number of anilines is 1. The summed E-state index contributed by atoms with van der Waals surface area (Å²) < 4.78 is 20.7. The SMILES string of the molecule is CCCCCCOc1ccc(/C=C/C(=O)Nc2cc(C(=O)OC)ccc2C(=O)OC)cc1OC. The van der Waals surface area contributed by atoms with Gasteiger partial charge < -0.3 is 24.3 Å². The van der Waals surface area contributed by atoms with Gasteiger partial charge in [0.1, 0.15) is 0 Å². The Hall–Kier alpha value is -3.81. The van der Waals surface area contributed by atoms with Crippen molar-refractivity contribution >= 4 is 29.6 Å². The van der Waals surface area contributed by atoms with Gasteiger partial charge in [0.05, 0.1) is 44.8 Å². The number of carbonyl (C=O) groups is 3. The Morgan fingerprint density at radius 2 is 1.65 bits per heavy atom. The molecule has 0 radical (unpaired) electrons. The van der Waals surface area contributed by atoms with Crippen LogP contribution in [0.5, 0.6) is 11.5 Å². The summed E-state index contributed by atoms with van der Waals surface area (Å²) in [5.41, 5.74) is 1.15. The first-order chi connectivity index (χ1) is 16.4. The van der Waals surface area contributed by atoms with Crippen molar-refractivity contribution in [1.29, 1.82) is 0 Å². The maximum absolute atomic E-state index is 12.5. The predicted octanol–water partition coefficient (Wildman–Crippen LogP) is 4.88. The van der Waals surface area contributed by atoms with E-state index in [2.05, 4.69) is 12.2 Å². The van der Waals surface area contributed by atoms with Gasteiger partial charge in [-0.3, -0.25) is 4.79 Å². The molecule has 0 unspecified atom stereocenters. The lowest BCUT2D eigenvalue weighted by molar-refractivity contribution is -0.111. The first kappa shape index (κ1) is 26.4. The minimum atomic E-state index is -0.647. The largest absolute Gasteiger partial charge is 0.493 e. The van der Waals surface area contributed by atoms with Crippen molar-refractivity contribution in [3.8, 4) is 11.5 Å². The standard InChI is InChI=1S/C26H31NO7/c1-5-6-7-8-15-34-22-13-9-18(16-23(22)31-2)10-14-24(28)27-21-17-19(25(29)32-3)11-12-20(21)26(30)33-4/h9-14,16-17H,5-8,15H2,1-4H3,(H,27,28)/b14-10+. The van der Waals surface area contributed by atoms with Gasteiger partial charge in [-0.25, -0.2) is 9.59 Å². The molecule has 0 aliphatic rings. The number of ether oxygens (including phenoxy) is 4. The lowest BCUT2D eigenvalue weighted by Crippen LogP contribution is -2.14. The zero-order valence-corrected chi connectivity index (χ0v) is 20.0. The minimum absolute atomic E-state index is 0.110. The van der Waals surface area contributed by atoms with E-state index in [0.717, 1.165) is 18.4 Å². The topological polar surface area (TPSA) is 100 Å².